The van der Waals surface area contributed by atoms with Crippen LogP contribution in [-0.4, -0.2) is 52.5 Å². The third kappa shape index (κ3) is 8.56. The monoisotopic (exact) mass is 298 g/mol. The highest BCUT2D eigenvalue weighted by Gasteiger charge is 2.05. The fourth-order valence-electron chi connectivity index (χ4n) is 1.83. The molecule has 0 atom stereocenters. The van der Waals surface area contributed by atoms with Crippen molar-refractivity contribution in [1.82, 2.24) is 9.88 Å². The van der Waals surface area contributed by atoms with Crippen LogP contribution in [0.2, 0.25) is 0 Å². The average molecular weight is 299 g/mol. The summed E-state index contributed by atoms with van der Waals surface area (Å²) >= 11 is 4.07. The SMILES string of the molecule is CCSCCN(CCSCC)CCc1ccccn1. The van der Waals surface area contributed by atoms with Crippen molar-refractivity contribution in [2.24, 2.45) is 0 Å². The van der Waals surface area contributed by atoms with Crippen molar-refractivity contribution in [3.8, 4) is 0 Å². The lowest BCUT2D eigenvalue weighted by Gasteiger charge is -2.21. The Kier molecular flexibility index (Phi) is 10.3. The van der Waals surface area contributed by atoms with E-state index in [1.165, 1.54) is 41.8 Å². The van der Waals surface area contributed by atoms with Crippen molar-refractivity contribution < 1.29 is 0 Å². The summed E-state index contributed by atoms with van der Waals surface area (Å²) in [7, 11) is 0. The average Bonchev–Trinajstić information content (AvgIpc) is 2.45. The second kappa shape index (κ2) is 11.6. The van der Waals surface area contributed by atoms with Crippen LogP contribution in [0.1, 0.15) is 19.5 Å². The van der Waals surface area contributed by atoms with Crippen LogP contribution in [-0.2, 0) is 6.42 Å². The summed E-state index contributed by atoms with van der Waals surface area (Å²) in [6, 6.07) is 6.18. The van der Waals surface area contributed by atoms with Gasteiger partial charge in [-0.25, -0.2) is 0 Å². The van der Waals surface area contributed by atoms with E-state index in [-0.39, 0.29) is 0 Å². The molecule has 1 heterocycles. The molecule has 0 saturated carbocycles. The Bertz CT molecular complexity index is 296. The molecule has 0 aliphatic heterocycles. The van der Waals surface area contributed by atoms with E-state index < -0.39 is 0 Å². The molecule has 0 radical (unpaired) electrons. The van der Waals surface area contributed by atoms with Crippen molar-refractivity contribution in [1.29, 1.82) is 0 Å². The molecule has 0 spiro atoms. The minimum atomic E-state index is 1.06. The Morgan fingerprint density at radius 2 is 1.68 bits per heavy atom. The maximum atomic E-state index is 4.41. The van der Waals surface area contributed by atoms with Gasteiger partial charge in [0.05, 0.1) is 0 Å². The Hall–Kier alpha value is -0.190. The molecule has 0 N–H and O–H groups in total. The predicted octanol–water partition coefficient (Wildman–Crippen LogP) is 3.43. The Labute approximate surface area is 126 Å². The fraction of sp³-hybridized carbons (Fsp3) is 0.667. The van der Waals surface area contributed by atoms with Crippen LogP contribution in [0.5, 0.6) is 0 Å². The highest BCUT2D eigenvalue weighted by molar-refractivity contribution is 7.99. The van der Waals surface area contributed by atoms with Crippen molar-refractivity contribution in [2.45, 2.75) is 20.3 Å². The van der Waals surface area contributed by atoms with E-state index in [0.29, 0.717) is 0 Å². The van der Waals surface area contributed by atoms with E-state index in [4.69, 9.17) is 0 Å². The minimum absolute atomic E-state index is 1.06. The van der Waals surface area contributed by atoms with Crippen LogP contribution < -0.4 is 0 Å². The van der Waals surface area contributed by atoms with Crippen LogP contribution >= 0.6 is 23.5 Å². The lowest BCUT2D eigenvalue weighted by molar-refractivity contribution is 0.312. The lowest BCUT2D eigenvalue weighted by Crippen LogP contribution is -2.31. The molecule has 4 heteroatoms. The first-order valence-electron chi connectivity index (χ1n) is 7.14. The molecule has 0 aliphatic carbocycles. The van der Waals surface area contributed by atoms with Crippen LogP contribution in [0.4, 0.5) is 0 Å². The number of hydrogen-bond acceptors (Lipinski definition) is 4. The van der Waals surface area contributed by atoms with Crippen molar-refractivity contribution in [3.05, 3.63) is 30.1 Å². The molecule has 1 rings (SSSR count). The van der Waals surface area contributed by atoms with Crippen LogP contribution in [0.3, 0.4) is 0 Å². The number of rotatable bonds is 11. The summed E-state index contributed by atoms with van der Waals surface area (Å²) in [6.07, 6.45) is 2.95. The largest absolute Gasteiger partial charge is 0.301 e. The molecule has 19 heavy (non-hydrogen) atoms. The molecule has 0 fully saturated rings. The third-order valence-corrected chi connectivity index (χ3v) is 4.68. The van der Waals surface area contributed by atoms with Gasteiger partial charge in [0.1, 0.15) is 0 Å². The van der Waals surface area contributed by atoms with Gasteiger partial charge in [0.2, 0.25) is 0 Å². The molecule has 0 saturated heterocycles. The first-order valence-corrected chi connectivity index (χ1v) is 9.45. The Balaban J connectivity index is 2.30. The number of thioether (sulfide) groups is 2. The van der Waals surface area contributed by atoms with E-state index in [1.807, 2.05) is 35.8 Å². The van der Waals surface area contributed by atoms with Crippen LogP contribution in [0.25, 0.3) is 0 Å². The van der Waals surface area contributed by atoms with Crippen molar-refractivity contribution in [2.75, 3.05) is 42.6 Å². The zero-order valence-corrected chi connectivity index (χ0v) is 13.8. The van der Waals surface area contributed by atoms with Gasteiger partial charge in [-0.15, -0.1) is 0 Å². The van der Waals surface area contributed by atoms with E-state index in [9.17, 15) is 0 Å². The molecule has 1 aromatic heterocycles. The van der Waals surface area contributed by atoms with Gasteiger partial charge in [0.15, 0.2) is 0 Å². The lowest BCUT2D eigenvalue weighted by atomic mass is 10.2. The summed E-state index contributed by atoms with van der Waals surface area (Å²) in [5.74, 6) is 4.93. The van der Waals surface area contributed by atoms with Crippen molar-refractivity contribution in [3.63, 3.8) is 0 Å². The van der Waals surface area contributed by atoms with E-state index >= 15 is 0 Å². The summed E-state index contributed by atoms with van der Waals surface area (Å²) in [4.78, 5) is 6.99. The van der Waals surface area contributed by atoms with Gasteiger partial charge in [-0.05, 0) is 23.6 Å². The predicted molar refractivity (Wildman–Crippen MR) is 90.4 cm³/mol. The van der Waals surface area contributed by atoms with E-state index in [0.717, 1.165) is 13.0 Å². The summed E-state index contributed by atoms with van der Waals surface area (Å²) < 4.78 is 0. The van der Waals surface area contributed by atoms with Crippen LogP contribution in [0.15, 0.2) is 24.4 Å². The van der Waals surface area contributed by atoms with Gasteiger partial charge < -0.3 is 4.90 Å². The molecular formula is C15H26N2S2. The smallest absolute Gasteiger partial charge is 0.0416 e. The maximum absolute atomic E-state index is 4.41. The second-order valence-electron chi connectivity index (χ2n) is 4.31. The Morgan fingerprint density at radius 3 is 2.21 bits per heavy atom. The molecule has 0 aliphatic rings. The van der Waals surface area contributed by atoms with E-state index in [1.54, 1.807) is 0 Å². The standard InChI is InChI=1S/C15H26N2S2/c1-3-18-13-11-17(12-14-19-4-2)10-8-15-7-5-6-9-16-15/h5-7,9H,3-4,8,10-14H2,1-2H3. The highest BCUT2D eigenvalue weighted by Crippen LogP contribution is 2.05. The normalized spacial score (nSPS) is 11.1. The molecule has 0 bridgehead atoms. The number of aromatic nitrogens is 1. The molecule has 2 nitrogen and oxygen atoms in total. The maximum Gasteiger partial charge on any atom is 0.0416 e. The van der Waals surface area contributed by atoms with Crippen molar-refractivity contribution >= 4 is 23.5 Å². The van der Waals surface area contributed by atoms with E-state index in [2.05, 4.69) is 35.9 Å². The fourth-order valence-corrected chi connectivity index (χ4v) is 3.18. The quantitative estimate of drug-likeness (QED) is 0.582. The topological polar surface area (TPSA) is 16.1 Å². The van der Waals surface area contributed by atoms with Gasteiger partial charge in [-0.1, -0.05) is 19.9 Å². The number of hydrogen-bond donors (Lipinski definition) is 0. The molecule has 0 unspecified atom stereocenters. The van der Waals surface area contributed by atoms with Gasteiger partial charge >= 0.3 is 0 Å². The zero-order chi connectivity index (χ0) is 13.8. The molecule has 0 amide bonds. The second-order valence-corrected chi connectivity index (χ2v) is 7.09. The summed E-state index contributed by atoms with van der Waals surface area (Å²) in [5, 5.41) is 0. The summed E-state index contributed by atoms with van der Waals surface area (Å²) in [6.45, 7) is 8.00. The summed E-state index contributed by atoms with van der Waals surface area (Å²) in [5.41, 5.74) is 1.21. The third-order valence-electron chi connectivity index (χ3n) is 2.92. The van der Waals surface area contributed by atoms with Crippen LogP contribution in [0, 0.1) is 0 Å². The van der Waals surface area contributed by atoms with Gasteiger partial charge in [0, 0.05) is 49.5 Å². The Morgan fingerprint density at radius 1 is 1.00 bits per heavy atom. The minimum Gasteiger partial charge on any atom is -0.301 e. The zero-order valence-electron chi connectivity index (χ0n) is 12.2. The number of nitrogens with zero attached hydrogens (tertiary/aromatic N) is 2. The molecule has 108 valence electrons. The van der Waals surface area contributed by atoms with Gasteiger partial charge in [-0.3, -0.25) is 4.98 Å². The van der Waals surface area contributed by atoms with Gasteiger partial charge in [-0.2, -0.15) is 23.5 Å². The first kappa shape index (κ1) is 16.9. The molecule has 0 aromatic carbocycles. The molecule has 1 aromatic rings. The first-order chi connectivity index (χ1) is 9.36. The molecular weight excluding hydrogens is 272 g/mol. The highest BCUT2D eigenvalue weighted by atomic mass is 32.2. The number of pyridine rings is 1. The van der Waals surface area contributed by atoms with Gasteiger partial charge in [0.25, 0.3) is 0 Å².